The Morgan fingerprint density at radius 2 is 2.19 bits per heavy atom. The van der Waals surface area contributed by atoms with Crippen LogP contribution in [0.4, 0.5) is 0 Å². The van der Waals surface area contributed by atoms with Gasteiger partial charge in [-0.2, -0.15) is 5.26 Å². The Balaban J connectivity index is 2.32. The van der Waals surface area contributed by atoms with E-state index in [1.807, 2.05) is 31.3 Å². The molecule has 0 aliphatic carbocycles. The zero-order valence-electron chi connectivity index (χ0n) is 9.03. The molecule has 16 heavy (non-hydrogen) atoms. The van der Waals surface area contributed by atoms with Gasteiger partial charge in [-0.25, -0.2) is 0 Å². The van der Waals surface area contributed by atoms with Crippen molar-refractivity contribution in [1.29, 1.82) is 5.26 Å². The molecular weight excluding hydrogens is 216 g/mol. The average molecular weight is 228 g/mol. The molecule has 2 rings (SSSR count). The first kappa shape index (κ1) is 10.9. The molecule has 0 fully saturated rings. The van der Waals surface area contributed by atoms with E-state index in [9.17, 15) is 0 Å². The molecule has 3 heteroatoms. The molecule has 0 aliphatic rings. The van der Waals surface area contributed by atoms with Crippen LogP contribution in [0.5, 0.6) is 0 Å². The maximum Gasteiger partial charge on any atom is 0.0991 e. The lowest BCUT2D eigenvalue weighted by Crippen LogP contribution is -2.02. The molecule has 2 aromatic rings. The van der Waals surface area contributed by atoms with Gasteiger partial charge < -0.3 is 5.32 Å². The standard InChI is InChI=1S/C13H12N2S/c1-15-8-13-6-12(9-16-13)11-4-2-3-10(5-11)7-14/h2-6,9,15H,8H2,1H3. The van der Waals surface area contributed by atoms with E-state index in [-0.39, 0.29) is 0 Å². The summed E-state index contributed by atoms with van der Waals surface area (Å²) in [5.41, 5.74) is 3.00. The molecule has 1 N–H and O–H groups in total. The first-order chi connectivity index (χ1) is 7.83. The smallest absolute Gasteiger partial charge is 0.0991 e. The molecule has 0 aliphatic heterocycles. The van der Waals surface area contributed by atoms with Crippen molar-refractivity contribution in [3.8, 4) is 17.2 Å². The highest BCUT2D eigenvalue weighted by Crippen LogP contribution is 2.26. The van der Waals surface area contributed by atoms with Gasteiger partial charge in [0.2, 0.25) is 0 Å². The van der Waals surface area contributed by atoms with E-state index in [4.69, 9.17) is 5.26 Å². The Bertz CT molecular complexity index is 523. The van der Waals surface area contributed by atoms with Crippen molar-refractivity contribution in [2.24, 2.45) is 0 Å². The molecule has 0 bridgehead atoms. The fourth-order valence-corrected chi connectivity index (χ4v) is 2.47. The van der Waals surface area contributed by atoms with Crippen LogP contribution in [-0.2, 0) is 6.54 Å². The van der Waals surface area contributed by atoms with E-state index in [1.165, 1.54) is 10.4 Å². The summed E-state index contributed by atoms with van der Waals surface area (Å²) in [5, 5.41) is 14.1. The van der Waals surface area contributed by atoms with Gasteiger partial charge in [-0.1, -0.05) is 12.1 Å². The average Bonchev–Trinajstić information content (AvgIpc) is 2.78. The second-order valence-electron chi connectivity index (χ2n) is 3.52. The minimum absolute atomic E-state index is 0.707. The number of hydrogen-bond acceptors (Lipinski definition) is 3. The molecular formula is C13H12N2S. The van der Waals surface area contributed by atoms with Crippen molar-refractivity contribution in [1.82, 2.24) is 5.32 Å². The van der Waals surface area contributed by atoms with E-state index in [0.29, 0.717) is 5.56 Å². The van der Waals surface area contributed by atoms with E-state index in [1.54, 1.807) is 11.3 Å². The van der Waals surface area contributed by atoms with Crippen LogP contribution in [0.15, 0.2) is 35.7 Å². The lowest BCUT2D eigenvalue weighted by Gasteiger charge is -1.97. The fourth-order valence-electron chi connectivity index (χ4n) is 1.57. The van der Waals surface area contributed by atoms with Gasteiger partial charge in [-0.15, -0.1) is 11.3 Å². The monoisotopic (exact) mass is 228 g/mol. The van der Waals surface area contributed by atoms with Crippen LogP contribution in [0, 0.1) is 11.3 Å². The van der Waals surface area contributed by atoms with Crippen molar-refractivity contribution in [3.05, 3.63) is 46.2 Å². The molecule has 1 aromatic carbocycles. The Kier molecular flexibility index (Phi) is 3.35. The highest BCUT2D eigenvalue weighted by Gasteiger charge is 2.02. The number of nitrogens with zero attached hydrogens (tertiary/aromatic N) is 1. The maximum atomic E-state index is 8.84. The van der Waals surface area contributed by atoms with E-state index >= 15 is 0 Å². The zero-order valence-corrected chi connectivity index (χ0v) is 9.84. The zero-order chi connectivity index (χ0) is 11.4. The number of nitriles is 1. The van der Waals surface area contributed by atoms with Crippen LogP contribution in [0.3, 0.4) is 0 Å². The summed E-state index contributed by atoms with van der Waals surface area (Å²) < 4.78 is 0. The summed E-state index contributed by atoms with van der Waals surface area (Å²) in [7, 11) is 1.94. The van der Waals surface area contributed by atoms with Gasteiger partial charge in [-0.3, -0.25) is 0 Å². The first-order valence-electron chi connectivity index (χ1n) is 5.06. The topological polar surface area (TPSA) is 35.8 Å². The Labute approximate surface area is 99.2 Å². The molecule has 0 atom stereocenters. The van der Waals surface area contributed by atoms with Gasteiger partial charge in [0.15, 0.2) is 0 Å². The number of rotatable bonds is 3. The molecule has 2 nitrogen and oxygen atoms in total. The summed E-state index contributed by atoms with van der Waals surface area (Å²) in [4.78, 5) is 1.31. The maximum absolute atomic E-state index is 8.84. The third-order valence-corrected chi connectivity index (χ3v) is 3.27. The van der Waals surface area contributed by atoms with E-state index < -0.39 is 0 Å². The van der Waals surface area contributed by atoms with Crippen LogP contribution in [0.1, 0.15) is 10.4 Å². The predicted octanol–water partition coefficient (Wildman–Crippen LogP) is 3.01. The highest BCUT2D eigenvalue weighted by atomic mass is 32.1. The van der Waals surface area contributed by atoms with Gasteiger partial charge in [-0.05, 0) is 41.8 Å². The minimum atomic E-state index is 0.707. The number of hydrogen-bond donors (Lipinski definition) is 1. The van der Waals surface area contributed by atoms with Crippen molar-refractivity contribution in [2.45, 2.75) is 6.54 Å². The Hall–Kier alpha value is -1.63. The van der Waals surface area contributed by atoms with Gasteiger partial charge in [0.25, 0.3) is 0 Å². The molecule has 0 saturated heterocycles. The van der Waals surface area contributed by atoms with Gasteiger partial charge in [0.05, 0.1) is 11.6 Å². The summed E-state index contributed by atoms with van der Waals surface area (Å²) in [6.45, 7) is 0.891. The van der Waals surface area contributed by atoms with Gasteiger partial charge in [0, 0.05) is 11.4 Å². The van der Waals surface area contributed by atoms with Crippen molar-refractivity contribution < 1.29 is 0 Å². The summed E-state index contributed by atoms with van der Waals surface area (Å²) in [6.07, 6.45) is 0. The van der Waals surface area contributed by atoms with Crippen LogP contribution in [0.2, 0.25) is 0 Å². The summed E-state index contributed by atoms with van der Waals surface area (Å²) in [5.74, 6) is 0. The number of benzene rings is 1. The van der Waals surface area contributed by atoms with Gasteiger partial charge in [0.1, 0.15) is 0 Å². The van der Waals surface area contributed by atoms with Crippen molar-refractivity contribution in [2.75, 3.05) is 7.05 Å². The lowest BCUT2D eigenvalue weighted by molar-refractivity contribution is 0.831. The second kappa shape index (κ2) is 4.93. The van der Waals surface area contributed by atoms with Crippen molar-refractivity contribution >= 4 is 11.3 Å². The molecule has 0 saturated carbocycles. The molecule has 0 radical (unpaired) electrons. The Morgan fingerprint density at radius 3 is 2.94 bits per heavy atom. The first-order valence-corrected chi connectivity index (χ1v) is 5.94. The molecule has 0 amide bonds. The fraction of sp³-hybridized carbons (Fsp3) is 0.154. The Morgan fingerprint density at radius 1 is 1.31 bits per heavy atom. The van der Waals surface area contributed by atoms with Crippen LogP contribution in [-0.4, -0.2) is 7.05 Å². The van der Waals surface area contributed by atoms with E-state index in [0.717, 1.165) is 12.1 Å². The molecule has 1 heterocycles. The highest BCUT2D eigenvalue weighted by molar-refractivity contribution is 7.10. The minimum Gasteiger partial charge on any atom is -0.315 e. The van der Waals surface area contributed by atoms with Crippen molar-refractivity contribution in [3.63, 3.8) is 0 Å². The SMILES string of the molecule is CNCc1cc(-c2cccc(C#N)c2)cs1. The third kappa shape index (κ3) is 2.30. The third-order valence-electron chi connectivity index (χ3n) is 2.33. The van der Waals surface area contributed by atoms with Gasteiger partial charge >= 0.3 is 0 Å². The normalized spacial score (nSPS) is 10.0. The number of nitrogens with one attached hydrogen (secondary N) is 1. The second-order valence-corrected chi connectivity index (χ2v) is 4.52. The van der Waals surface area contributed by atoms with E-state index in [2.05, 4.69) is 22.8 Å². The van der Waals surface area contributed by atoms with Crippen LogP contribution in [0.25, 0.3) is 11.1 Å². The number of thiophene rings is 1. The molecule has 80 valence electrons. The summed E-state index contributed by atoms with van der Waals surface area (Å²) in [6, 6.07) is 12.0. The lowest BCUT2D eigenvalue weighted by atomic mass is 10.1. The quantitative estimate of drug-likeness (QED) is 0.876. The molecule has 0 unspecified atom stereocenters. The van der Waals surface area contributed by atoms with Crippen LogP contribution < -0.4 is 5.32 Å². The summed E-state index contributed by atoms with van der Waals surface area (Å²) >= 11 is 1.74. The van der Waals surface area contributed by atoms with Crippen LogP contribution >= 0.6 is 11.3 Å². The largest absolute Gasteiger partial charge is 0.315 e. The molecule has 1 aromatic heterocycles. The predicted molar refractivity (Wildman–Crippen MR) is 67.2 cm³/mol. The molecule has 0 spiro atoms.